The second kappa shape index (κ2) is 6.30. The molecular weight excluding hydrogens is 228 g/mol. The first kappa shape index (κ1) is 15.5. The van der Waals surface area contributed by atoms with Gasteiger partial charge in [-0.15, -0.1) is 12.4 Å². The van der Waals surface area contributed by atoms with E-state index >= 15 is 0 Å². The number of halogens is 1. The molecule has 0 unspecified atom stereocenters. The normalized spacial score (nSPS) is 21.2. The Morgan fingerprint density at radius 3 is 2.62 bits per heavy atom. The van der Waals surface area contributed by atoms with Gasteiger partial charge in [0.2, 0.25) is 0 Å². The van der Waals surface area contributed by atoms with E-state index in [4.69, 9.17) is 4.74 Å². The maximum Gasteiger partial charge on any atom is 0.410 e. The van der Waals surface area contributed by atoms with E-state index < -0.39 is 5.60 Å². The molecule has 0 spiro atoms. The van der Waals surface area contributed by atoms with E-state index in [0.29, 0.717) is 6.04 Å². The van der Waals surface area contributed by atoms with E-state index in [9.17, 15) is 4.79 Å². The van der Waals surface area contributed by atoms with Crippen LogP contribution in [-0.2, 0) is 4.74 Å². The summed E-state index contributed by atoms with van der Waals surface area (Å²) in [5.74, 6) is 0. The van der Waals surface area contributed by atoms with Crippen LogP contribution in [0.2, 0.25) is 0 Å². The Morgan fingerprint density at radius 1 is 1.50 bits per heavy atom. The predicted molar refractivity (Wildman–Crippen MR) is 67.1 cm³/mol. The summed E-state index contributed by atoms with van der Waals surface area (Å²) in [6.45, 7) is 10.2. The fourth-order valence-corrected chi connectivity index (χ4v) is 1.59. The smallest absolute Gasteiger partial charge is 0.410 e. The number of hydrogen-bond donors (Lipinski definition) is 1. The zero-order valence-corrected chi connectivity index (χ0v) is 11.4. The van der Waals surface area contributed by atoms with Crippen molar-refractivity contribution in [3.05, 3.63) is 0 Å². The molecule has 5 heteroatoms. The second-order valence-electron chi connectivity index (χ2n) is 4.99. The molecule has 1 N–H and O–H groups in total. The van der Waals surface area contributed by atoms with Crippen molar-refractivity contribution in [3.8, 4) is 0 Å². The Morgan fingerprint density at radius 2 is 2.12 bits per heavy atom. The van der Waals surface area contributed by atoms with Crippen LogP contribution in [0.4, 0.5) is 4.79 Å². The van der Waals surface area contributed by atoms with E-state index in [-0.39, 0.29) is 18.5 Å². The van der Waals surface area contributed by atoms with Crippen LogP contribution >= 0.6 is 12.4 Å². The number of nitrogens with one attached hydrogen (secondary N) is 1. The highest BCUT2D eigenvalue weighted by Crippen LogP contribution is 2.11. The molecule has 0 aliphatic carbocycles. The first-order valence-electron chi connectivity index (χ1n) is 5.63. The molecule has 1 amide bonds. The molecule has 1 atom stereocenters. The van der Waals surface area contributed by atoms with Crippen molar-refractivity contribution in [2.24, 2.45) is 0 Å². The van der Waals surface area contributed by atoms with Crippen LogP contribution in [0.3, 0.4) is 0 Å². The quantitative estimate of drug-likeness (QED) is 0.774. The highest BCUT2D eigenvalue weighted by atomic mass is 35.5. The molecule has 0 aromatic heterocycles. The summed E-state index contributed by atoms with van der Waals surface area (Å²) in [6.07, 6.45) is 0.849. The molecular formula is C11H23ClN2O2. The van der Waals surface area contributed by atoms with Gasteiger partial charge >= 0.3 is 6.09 Å². The average Bonchev–Trinajstić information content (AvgIpc) is 2.15. The van der Waals surface area contributed by atoms with Gasteiger partial charge in [0.25, 0.3) is 0 Å². The lowest BCUT2D eigenvalue weighted by atomic mass is 10.1. The van der Waals surface area contributed by atoms with Gasteiger partial charge in [-0.3, -0.25) is 0 Å². The van der Waals surface area contributed by atoms with Gasteiger partial charge in [0.1, 0.15) is 5.60 Å². The maximum atomic E-state index is 11.8. The van der Waals surface area contributed by atoms with Gasteiger partial charge in [0.15, 0.2) is 0 Å². The van der Waals surface area contributed by atoms with Crippen molar-refractivity contribution < 1.29 is 9.53 Å². The van der Waals surface area contributed by atoms with Crippen molar-refractivity contribution in [2.45, 2.75) is 45.8 Å². The molecule has 1 heterocycles. The maximum absolute atomic E-state index is 11.8. The first-order chi connectivity index (χ1) is 6.92. The van der Waals surface area contributed by atoms with Gasteiger partial charge in [-0.25, -0.2) is 4.79 Å². The molecule has 4 nitrogen and oxygen atoms in total. The minimum absolute atomic E-state index is 0. The third-order valence-electron chi connectivity index (χ3n) is 2.40. The number of carbonyl (C=O) groups is 1. The Bertz CT molecular complexity index is 229. The van der Waals surface area contributed by atoms with Crippen LogP contribution < -0.4 is 5.32 Å². The lowest BCUT2D eigenvalue weighted by Gasteiger charge is -2.34. The Hall–Kier alpha value is -0.480. The summed E-state index contributed by atoms with van der Waals surface area (Å²) >= 11 is 0. The van der Waals surface area contributed by atoms with Gasteiger partial charge in [-0.05, 0) is 27.2 Å². The molecule has 0 saturated carbocycles. The highest BCUT2D eigenvalue weighted by Gasteiger charge is 2.26. The van der Waals surface area contributed by atoms with E-state index in [0.717, 1.165) is 26.1 Å². The zero-order chi connectivity index (χ0) is 11.5. The molecule has 1 fully saturated rings. The summed E-state index contributed by atoms with van der Waals surface area (Å²) in [7, 11) is 0. The third-order valence-corrected chi connectivity index (χ3v) is 2.40. The topological polar surface area (TPSA) is 41.6 Å². The standard InChI is InChI=1S/C11H22N2O2.ClH/c1-5-9-8-13(7-6-12-9)10(14)15-11(2,3)4;/h9,12H,5-8H2,1-4H3;1H/t9-;/m0./s1. The fraction of sp³-hybridized carbons (Fsp3) is 0.909. The van der Waals surface area contributed by atoms with Crippen molar-refractivity contribution >= 4 is 18.5 Å². The summed E-state index contributed by atoms with van der Waals surface area (Å²) in [4.78, 5) is 13.5. The van der Waals surface area contributed by atoms with Gasteiger partial charge in [-0.1, -0.05) is 6.92 Å². The minimum Gasteiger partial charge on any atom is -0.444 e. The fourth-order valence-electron chi connectivity index (χ4n) is 1.59. The van der Waals surface area contributed by atoms with Crippen LogP contribution in [0.5, 0.6) is 0 Å². The van der Waals surface area contributed by atoms with Gasteiger partial charge in [0.05, 0.1) is 0 Å². The summed E-state index contributed by atoms with van der Waals surface area (Å²) < 4.78 is 5.33. The van der Waals surface area contributed by atoms with Crippen LogP contribution in [0.1, 0.15) is 34.1 Å². The van der Waals surface area contributed by atoms with Gasteiger partial charge in [0, 0.05) is 25.7 Å². The Kier molecular flexibility index (Phi) is 6.11. The largest absolute Gasteiger partial charge is 0.444 e. The number of amides is 1. The molecule has 0 aromatic carbocycles. The molecule has 16 heavy (non-hydrogen) atoms. The number of piperazine rings is 1. The lowest BCUT2D eigenvalue weighted by molar-refractivity contribution is 0.0194. The van der Waals surface area contributed by atoms with Crippen molar-refractivity contribution in [1.82, 2.24) is 10.2 Å². The molecule has 1 saturated heterocycles. The van der Waals surface area contributed by atoms with Crippen molar-refractivity contribution in [3.63, 3.8) is 0 Å². The number of ether oxygens (including phenoxy) is 1. The first-order valence-corrected chi connectivity index (χ1v) is 5.63. The van der Waals surface area contributed by atoms with E-state index in [1.165, 1.54) is 0 Å². The van der Waals surface area contributed by atoms with E-state index in [1.807, 2.05) is 20.8 Å². The minimum atomic E-state index is -0.399. The molecule has 0 bridgehead atoms. The third kappa shape index (κ3) is 5.03. The summed E-state index contributed by atoms with van der Waals surface area (Å²) in [5, 5.41) is 3.37. The Balaban J connectivity index is 0.00000225. The molecule has 0 radical (unpaired) electrons. The van der Waals surface area contributed by atoms with Crippen molar-refractivity contribution in [2.75, 3.05) is 19.6 Å². The van der Waals surface area contributed by atoms with E-state index in [1.54, 1.807) is 4.90 Å². The molecule has 96 valence electrons. The van der Waals surface area contributed by atoms with Crippen molar-refractivity contribution in [1.29, 1.82) is 0 Å². The summed E-state index contributed by atoms with van der Waals surface area (Å²) in [6, 6.07) is 0.409. The van der Waals surface area contributed by atoms with Crippen LogP contribution in [0.25, 0.3) is 0 Å². The molecule has 1 rings (SSSR count). The predicted octanol–water partition coefficient (Wildman–Crippen LogP) is 2.03. The van der Waals surface area contributed by atoms with Gasteiger partial charge < -0.3 is 15.0 Å². The number of rotatable bonds is 1. The van der Waals surface area contributed by atoms with E-state index in [2.05, 4.69) is 12.2 Å². The highest BCUT2D eigenvalue weighted by molar-refractivity contribution is 5.85. The SMILES string of the molecule is CC[C@H]1CN(C(=O)OC(C)(C)C)CCN1.Cl. The number of nitrogens with zero attached hydrogens (tertiary/aromatic N) is 1. The second-order valence-corrected chi connectivity index (χ2v) is 4.99. The van der Waals surface area contributed by atoms with Crippen LogP contribution in [0, 0.1) is 0 Å². The summed E-state index contributed by atoms with van der Waals surface area (Å²) in [5.41, 5.74) is -0.399. The van der Waals surface area contributed by atoms with Gasteiger partial charge in [-0.2, -0.15) is 0 Å². The lowest BCUT2D eigenvalue weighted by Crippen LogP contribution is -2.53. The molecule has 1 aliphatic rings. The Labute approximate surface area is 104 Å². The molecule has 1 aliphatic heterocycles. The average molecular weight is 251 g/mol. The number of hydrogen-bond acceptors (Lipinski definition) is 3. The monoisotopic (exact) mass is 250 g/mol. The van der Waals surface area contributed by atoms with Crippen LogP contribution in [0.15, 0.2) is 0 Å². The van der Waals surface area contributed by atoms with Crippen LogP contribution in [-0.4, -0.2) is 42.3 Å². The zero-order valence-electron chi connectivity index (χ0n) is 10.6. The number of carbonyl (C=O) groups excluding carboxylic acids is 1. The molecule has 0 aromatic rings.